The van der Waals surface area contributed by atoms with Crippen molar-refractivity contribution in [1.82, 2.24) is 0 Å². The lowest BCUT2D eigenvalue weighted by atomic mass is 9.71. The predicted octanol–water partition coefficient (Wildman–Crippen LogP) is 2.51. The van der Waals surface area contributed by atoms with Crippen molar-refractivity contribution in [2.45, 2.75) is 58.9 Å². The molecule has 1 saturated carbocycles. The lowest BCUT2D eigenvalue weighted by Gasteiger charge is -2.37. The van der Waals surface area contributed by atoms with Crippen LogP contribution >= 0.6 is 0 Å². The lowest BCUT2D eigenvalue weighted by Crippen LogP contribution is -2.51. The molecular formula is C12H23NO. The number of Topliss-reactive ketones (excluding diaryl/α,β-unsaturated/α-hetero) is 1. The fourth-order valence-corrected chi connectivity index (χ4v) is 1.41. The van der Waals surface area contributed by atoms with Gasteiger partial charge in [0.25, 0.3) is 0 Å². The van der Waals surface area contributed by atoms with Gasteiger partial charge in [0.15, 0.2) is 0 Å². The zero-order valence-corrected chi connectivity index (χ0v) is 9.89. The van der Waals surface area contributed by atoms with Crippen molar-refractivity contribution in [1.29, 1.82) is 0 Å². The number of hydrogen-bond donors (Lipinski definition) is 1. The summed E-state index contributed by atoms with van der Waals surface area (Å²) in [7, 11) is 0. The molecule has 14 heavy (non-hydrogen) atoms. The summed E-state index contributed by atoms with van der Waals surface area (Å²) in [6.07, 6.45) is 4.41. The minimum atomic E-state index is -0.423. The fourth-order valence-electron chi connectivity index (χ4n) is 1.41. The molecule has 0 aliphatic heterocycles. The molecule has 82 valence electrons. The quantitative estimate of drug-likeness (QED) is 0.736. The van der Waals surface area contributed by atoms with E-state index in [-0.39, 0.29) is 0 Å². The van der Waals surface area contributed by atoms with Crippen LogP contribution in [0, 0.1) is 11.3 Å². The molecule has 0 saturated heterocycles. The van der Waals surface area contributed by atoms with E-state index < -0.39 is 11.0 Å². The van der Waals surface area contributed by atoms with E-state index in [1.807, 2.05) is 27.7 Å². The van der Waals surface area contributed by atoms with Crippen molar-refractivity contribution >= 4 is 5.78 Å². The Hall–Kier alpha value is -0.370. The minimum Gasteiger partial charge on any atom is -0.325 e. The van der Waals surface area contributed by atoms with Crippen LogP contribution in [0.2, 0.25) is 0 Å². The summed E-state index contributed by atoms with van der Waals surface area (Å²) in [6.45, 7) is 7.79. The lowest BCUT2D eigenvalue weighted by molar-refractivity contribution is -0.130. The zero-order chi connectivity index (χ0) is 11.0. The molecule has 1 aliphatic carbocycles. The standard InChI is InChI=1S/C12H23NO/c1-11(2,12(3,4)13)10(14)8-7-9-5-6-9/h9H,5-8,13H2,1-4H3. The number of ketones is 1. The van der Waals surface area contributed by atoms with Gasteiger partial charge < -0.3 is 5.73 Å². The molecule has 2 N–H and O–H groups in total. The van der Waals surface area contributed by atoms with Crippen LogP contribution in [0.1, 0.15) is 53.4 Å². The topological polar surface area (TPSA) is 43.1 Å². The van der Waals surface area contributed by atoms with Gasteiger partial charge in [0, 0.05) is 17.4 Å². The van der Waals surface area contributed by atoms with Gasteiger partial charge in [-0.15, -0.1) is 0 Å². The predicted molar refractivity (Wildman–Crippen MR) is 59.0 cm³/mol. The normalized spacial score (nSPS) is 18.4. The Morgan fingerprint density at radius 3 is 2.14 bits per heavy atom. The van der Waals surface area contributed by atoms with E-state index in [1.54, 1.807) is 0 Å². The Kier molecular flexibility index (Phi) is 3.05. The average molecular weight is 197 g/mol. The zero-order valence-electron chi connectivity index (χ0n) is 9.89. The number of carbonyl (C=O) groups excluding carboxylic acids is 1. The molecule has 0 atom stereocenters. The SMILES string of the molecule is CC(C)(N)C(C)(C)C(=O)CCC1CC1. The van der Waals surface area contributed by atoms with Gasteiger partial charge in [-0.1, -0.05) is 26.7 Å². The molecular weight excluding hydrogens is 174 g/mol. The molecule has 0 amide bonds. The van der Waals surface area contributed by atoms with Crippen molar-refractivity contribution in [3.05, 3.63) is 0 Å². The Labute approximate surface area is 87.2 Å². The molecule has 1 fully saturated rings. The van der Waals surface area contributed by atoms with E-state index in [0.717, 1.165) is 12.3 Å². The first kappa shape index (κ1) is 11.7. The van der Waals surface area contributed by atoms with Gasteiger partial charge in [-0.2, -0.15) is 0 Å². The molecule has 0 spiro atoms. The molecule has 0 bridgehead atoms. The average Bonchev–Trinajstić information content (AvgIpc) is 2.80. The molecule has 1 rings (SSSR count). The van der Waals surface area contributed by atoms with Crippen molar-refractivity contribution in [2.24, 2.45) is 17.1 Å². The smallest absolute Gasteiger partial charge is 0.140 e. The van der Waals surface area contributed by atoms with Gasteiger partial charge in [0.05, 0.1) is 0 Å². The maximum absolute atomic E-state index is 12.0. The van der Waals surface area contributed by atoms with Crippen LogP contribution in [-0.2, 0) is 4.79 Å². The van der Waals surface area contributed by atoms with Gasteiger partial charge in [0.1, 0.15) is 5.78 Å². The number of carbonyl (C=O) groups is 1. The van der Waals surface area contributed by atoms with E-state index in [4.69, 9.17) is 5.73 Å². The van der Waals surface area contributed by atoms with Gasteiger partial charge in [-0.3, -0.25) is 4.79 Å². The maximum Gasteiger partial charge on any atom is 0.140 e. The minimum absolute atomic E-state index is 0.317. The third kappa shape index (κ3) is 2.57. The molecule has 1 aliphatic rings. The Balaban J connectivity index is 2.48. The van der Waals surface area contributed by atoms with Crippen molar-refractivity contribution in [3.8, 4) is 0 Å². The van der Waals surface area contributed by atoms with Gasteiger partial charge >= 0.3 is 0 Å². The maximum atomic E-state index is 12.0. The monoisotopic (exact) mass is 197 g/mol. The summed E-state index contributed by atoms with van der Waals surface area (Å²) in [5, 5.41) is 0. The van der Waals surface area contributed by atoms with Crippen LogP contribution in [0.4, 0.5) is 0 Å². The second kappa shape index (κ2) is 3.65. The molecule has 0 unspecified atom stereocenters. The van der Waals surface area contributed by atoms with Crippen molar-refractivity contribution in [2.75, 3.05) is 0 Å². The molecule has 0 heterocycles. The summed E-state index contributed by atoms with van der Waals surface area (Å²) in [5.41, 5.74) is 5.19. The molecule has 2 heteroatoms. The van der Waals surface area contributed by atoms with E-state index in [9.17, 15) is 4.79 Å². The Bertz CT molecular complexity index is 221. The van der Waals surface area contributed by atoms with Gasteiger partial charge in [-0.05, 0) is 26.2 Å². The van der Waals surface area contributed by atoms with Crippen LogP contribution in [-0.4, -0.2) is 11.3 Å². The fraction of sp³-hybridized carbons (Fsp3) is 0.917. The summed E-state index contributed by atoms with van der Waals surface area (Å²) in [5.74, 6) is 1.15. The van der Waals surface area contributed by atoms with Gasteiger partial charge in [-0.25, -0.2) is 0 Å². The number of nitrogens with two attached hydrogens (primary N) is 1. The number of hydrogen-bond acceptors (Lipinski definition) is 2. The second-order valence-corrected chi connectivity index (χ2v) is 5.75. The first-order valence-electron chi connectivity index (χ1n) is 5.57. The summed E-state index contributed by atoms with van der Waals surface area (Å²) >= 11 is 0. The van der Waals surface area contributed by atoms with Crippen LogP contribution in [0.15, 0.2) is 0 Å². The van der Waals surface area contributed by atoms with Gasteiger partial charge in [0.2, 0.25) is 0 Å². The van der Waals surface area contributed by atoms with E-state index >= 15 is 0 Å². The third-order valence-electron chi connectivity index (χ3n) is 3.78. The van der Waals surface area contributed by atoms with Crippen LogP contribution < -0.4 is 5.73 Å². The van der Waals surface area contributed by atoms with Crippen LogP contribution in [0.25, 0.3) is 0 Å². The van der Waals surface area contributed by atoms with Crippen LogP contribution in [0.3, 0.4) is 0 Å². The first-order valence-corrected chi connectivity index (χ1v) is 5.57. The summed E-state index contributed by atoms with van der Waals surface area (Å²) in [4.78, 5) is 12.0. The number of rotatable bonds is 5. The first-order chi connectivity index (χ1) is 6.25. The van der Waals surface area contributed by atoms with Crippen molar-refractivity contribution < 1.29 is 4.79 Å². The van der Waals surface area contributed by atoms with E-state index in [0.29, 0.717) is 12.2 Å². The molecule has 0 aromatic heterocycles. The summed E-state index contributed by atoms with van der Waals surface area (Å²) in [6, 6.07) is 0. The summed E-state index contributed by atoms with van der Waals surface area (Å²) < 4.78 is 0. The largest absolute Gasteiger partial charge is 0.325 e. The highest BCUT2D eigenvalue weighted by atomic mass is 16.1. The third-order valence-corrected chi connectivity index (χ3v) is 3.78. The Morgan fingerprint density at radius 1 is 1.29 bits per heavy atom. The second-order valence-electron chi connectivity index (χ2n) is 5.75. The Morgan fingerprint density at radius 2 is 1.79 bits per heavy atom. The van der Waals surface area contributed by atoms with E-state index in [1.165, 1.54) is 12.8 Å². The highest BCUT2D eigenvalue weighted by molar-refractivity contribution is 5.85. The molecule has 0 aromatic carbocycles. The molecule has 2 nitrogen and oxygen atoms in total. The van der Waals surface area contributed by atoms with Crippen LogP contribution in [0.5, 0.6) is 0 Å². The highest BCUT2D eigenvalue weighted by Gasteiger charge is 2.40. The molecule has 0 radical (unpaired) electrons. The van der Waals surface area contributed by atoms with Crippen molar-refractivity contribution in [3.63, 3.8) is 0 Å². The molecule has 0 aromatic rings. The van der Waals surface area contributed by atoms with E-state index in [2.05, 4.69) is 0 Å². The highest BCUT2D eigenvalue weighted by Crippen LogP contribution is 2.36.